The molecule has 0 fully saturated rings. The molecule has 0 atom stereocenters. The molecule has 0 amide bonds. The van der Waals surface area contributed by atoms with Crippen molar-refractivity contribution in [3.05, 3.63) is 0 Å². The number of rotatable bonds is 0. The van der Waals surface area contributed by atoms with Crippen molar-refractivity contribution in [2.24, 2.45) is 0 Å². The number of hydrogen-bond donors (Lipinski definition) is 0. The molecule has 1 rings (SSSR count). The summed E-state index contributed by atoms with van der Waals surface area (Å²) in [6.07, 6.45) is 0. The minimum absolute atomic E-state index is 0.976. The Morgan fingerprint density at radius 2 is 1.67 bits per heavy atom. The SMILES string of the molecule is CC1[As]=[As][As]=[As]1. The Labute approximate surface area is 58.0 Å². The second kappa shape index (κ2) is 3.30. The molecule has 32 valence electrons. The molecule has 0 saturated heterocycles. The van der Waals surface area contributed by atoms with Crippen LogP contribution < -0.4 is 0 Å². The van der Waals surface area contributed by atoms with Crippen LogP contribution in [0.5, 0.6) is 0 Å². The number of hydrogen-bond acceptors (Lipinski definition) is 0. The van der Waals surface area contributed by atoms with Crippen LogP contribution in [-0.2, 0) is 0 Å². The van der Waals surface area contributed by atoms with Crippen molar-refractivity contribution in [1.29, 1.82) is 0 Å². The fraction of sp³-hybridized carbons (Fsp3) is 1.00. The van der Waals surface area contributed by atoms with Gasteiger partial charge in [-0.15, -0.1) is 0 Å². The van der Waals surface area contributed by atoms with Gasteiger partial charge in [-0.05, 0) is 0 Å². The van der Waals surface area contributed by atoms with Gasteiger partial charge in [0.15, 0.2) is 0 Å². The van der Waals surface area contributed by atoms with E-state index in [2.05, 4.69) is 6.92 Å². The van der Waals surface area contributed by atoms with Crippen LogP contribution in [0.1, 0.15) is 6.92 Å². The molecule has 0 aromatic heterocycles. The summed E-state index contributed by atoms with van der Waals surface area (Å²) in [7, 11) is 0. The fourth-order valence-corrected chi connectivity index (χ4v) is 98.7. The Hall–Kier alpha value is 2.23. The first-order chi connectivity index (χ1) is 2.89. The van der Waals surface area contributed by atoms with Crippen molar-refractivity contribution < 1.29 is 0 Å². The molecule has 1 aliphatic rings. The van der Waals surface area contributed by atoms with Crippen molar-refractivity contribution in [1.82, 2.24) is 0 Å². The van der Waals surface area contributed by atoms with Crippen LogP contribution in [0.25, 0.3) is 0 Å². The summed E-state index contributed by atoms with van der Waals surface area (Å²) < 4.78 is 1.32. The van der Waals surface area contributed by atoms with Crippen LogP contribution in [-0.4, -0.2) is 48.4 Å². The quantitative estimate of drug-likeness (QED) is 0.518. The third kappa shape index (κ3) is 2.00. The molecule has 0 bridgehead atoms. The van der Waals surface area contributed by atoms with Gasteiger partial charge in [-0.25, -0.2) is 0 Å². The summed E-state index contributed by atoms with van der Waals surface area (Å²) in [4.78, 5) is 0. The molecule has 0 saturated carbocycles. The predicted octanol–water partition coefficient (Wildman–Crippen LogP) is -0.672. The van der Waals surface area contributed by atoms with Gasteiger partial charge in [-0.1, -0.05) is 0 Å². The molecule has 0 nitrogen and oxygen atoms in total. The van der Waals surface area contributed by atoms with Gasteiger partial charge >= 0.3 is 58.8 Å². The zero-order chi connectivity index (χ0) is 4.41. The van der Waals surface area contributed by atoms with Gasteiger partial charge in [0.2, 0.25) is 0 Å². The first-order valence-electron chi connectivity index (χ1n) is 1.69. The first kappa shape index (κ1) is 6.36. The maximum atomic E-state index is 2.47. The third-order valence-electron chi connectivity index (χ3n) is 0.477. The summed E-state index contributed by atoms with van der Waals surface area (Å²) in [6, 6.07) is 0. The van der Waals surface area contributed by atoms with Crippen LogP contribution in [0.2, 0.25) is 3.49 Å². The molecule has 0 aromatic carbocycles. The van der Waals surface area contributed by atoms with Crippen LogP contribution in [0.15, 0.2) is 0 Å². The van der Waals surface area contributed by atoms with E-state index in [0.717, 1.165) is 48.4 Å². The summed E-state index contributed by atoms with van der Waals surface area (Å²) in [5.74, 6) is 0. The molecule has 1 heterocycles. The molecular weight excluding hydrogens is 324 g/mol. The molecule has 0 radical (unpaired) electrons. The van der Waals surface area contributed by atoms with Crippen molar-refractivity contribution in [3.8, 4) is 0 Å². The van der Waals surface area contributed by atoms with Crippen LogP contribution >= 0.6 is 0 Å². The molecule has 6 heavy (non-hydrogen) atoms. The summed E-state index contributed by atoms with van der Waals surface area (Å²) in [5.41, 5.74) is 0. The normalized spacial score (nSPS) is 39.8. The van der Waals surface area contributed by atoms with Gasteiger partial charge in [0.05, 0.1) is 0 Å². The van der Waals surface area contributed by atoms with Gasteiger partial charge in [0.1, 0.15) is 0 Å². The van der Waals surface area contributed by atoms with E-state index in [1.807, 2.05) is 0 Å². The molecular formula is C2H4As4. The van der Waals surface area contributed by atoms with E-state index in [1.54, 1.807) is 0 Å². The Balaban J connectivity index is 2.60. The minimum atomic E-state index is 0.976. The Bertz CT molecular complexity index is 81.7. The van der Waals surface area contributed by atoms with E-state index in [1.165, 1.54) is 3.49 Å². The maximum absolute atomic E-state index is 2.47. The van der Waals surface area contributed by atoms with E-state index in [9.17, 15) is 0 Å². The van der Waals surface area contributed by atoms with Gasteiger partial charge in [0, 0.05) is 0 Å². The van der Waals surface area contributed by atoms with Gasteiger partial charge in [-0.2, -0.15) is 0 Å². The fourth-order valence-electron chi connectivity index (χ4n) is 0.219. The van der Waals surface area contributed by atoms with E-state index >= 15 is 0 Å². The molecule has 1 aliphatic heterocycles. The zero-order valence-electron chi connectivity index (χ0n) is 3.37. The average Bonchev–Trinajstić information content (AvgIpc) is 1.86. The van der Waals surface area contributed by atoms with E-state index in [4.69, 9.17) is 0 Å². The summed E-state index contributed by atoms with van der Waals surface area (Å²) in [6.45, 7) is 2.47. The topological polar surface area (TPSA) is 0 Å². The Kier molecular flexibility index (Phi) is 3.49. The Morgan fingerprint density at radius 3 is 1.83 bits per heavy atom. The van der Waals surface area contributed by atoms with Crippen molar-refractivity contribution in [2.75, 3.05) is 0 Å². The molecule has 0 spiro atoms. The standard InChI is InChI=1S/C2H4As4/c1-2-3-5-6-4-2/h2H,1H3. The van der Waals surface area contributed by atoms with Gasteiger partial charge in [-0.3, -0.25) is 0 Å². The molecule has 0 aromatic rings. The summed E-state index contributed by atoms with van der Waals surface area (Å²) in [5, 5.41) is 0. The second-order valence-electron chi connectivity index (χ2n) is 1.04. The molecule has 0 aliphatic carbocycles. The van der Waals surface area contributed by atoms with E-state index in [-0.39, 0.29) is 0 Å². The predicted molar refractivity (Wildman–Crippen MR) is 32.4 cm³/mol. The monoisotopic (exact) mass is 328 g/mol. The molecule has 0 unspecified atom stereocenters. The zero-order valence-corrected chi connectivity index (χ0v) is 10.9. The van der Waals surface area contributed by atoms with E-state index in [0.29, 0.717) is 0 Å². The molecule has 4 heteroatoms. The van der Waals surface area contributed by atoms with Crippen LogP contribution in [0, 0.1) is 0 Å². The third-order valence-corrected chi connectivity index (χ3v) is 64.4. The first-order valence-corrected chi connectivity index (χ1v) is 19.5. The van der Waals surface area contributed by atoms with Gasteiger partial charge in [0.25, 0.3) is 0 Å². The Morgan fingerprint density at radius 1 is 1.17 bits per heavy atom. The van der Waals surface area contributed by atoms with Crippen LogP contribution in [0.4, 0.5) is 0 Å². The van der Waals surface area contributed by atoms with Gasteiger partial charge < -0.3 is 0 Å². The van der Waals surface area contributed by atoms with Crippen molar-refractivity contribution >= 4 is 48.4 Å². The summed E-state index contributed by atoms with van der Waals surface area (Å²) >= 11 is 4.05. The van der Waals surface area contributed by atoms with Crippen molar-refractivity contribution in [2.45, 2.75) is 10.4 Å². The van der Waals surface area contributed by atoms with Crippen LogP contribution in [0.3, 0.4) is 0 Å². The average molecular weight is 328 g/mol. The molecule has 0 N–H and O–H groups in total. The van der Waals surface area contributed by atoms with E-state index < -0.39 is 0 Å². The second-order valence-corrected chi connectivity index (χ2v) is 37.1. The van der Waals surface area contributed by atoms with Crippen molar-refractivity contribution in [3.63, 3.8) is 0 Å².